The fourth-order valence-corrected chi connectivity index (χ4v) is 1.75. The Hall–Kier alpha value is -1.68. The Morgan fingerprint density at radius 1 is 1.00 bits per heavy atom. The van der Waals surface area contributed by atoms with Crippen molar-refractivity contribution in [2.45, 2.75) is 4.90 Å². The summed E-state index contributed by atoms with van der Waals surface area (Å²) in [4.78, 5) is 12.4. The number of thiol groups is 1. The number of carbonyl (C=O) groups is 1. The Balaban J connectivity index is 2.48. The van der Waals surface area contributed by atoms with Crippen LogP contribution in [0.3, 0.4) is 0 Å². The Bertz CT molecular complexity index is 581. The van der Waals surface area contributed by atoms with Crippen molar-refractivity contribution < 1.29 is 13.6 Å². The molecule has 2 aromatic rings. The molecule has 0 fully saturated rings. The van der Waals surface area contributed by atoms with Crippen LogP contribution in [0.2, 0.25) is 0 Å². The van der Waals surface area contributed by atoms with E-state index in [1.807, 2.05) is 0 Å². The van der Waals surface area contributed by atoms with Crippen molar-refractivity contribution in [2.75, 3.05) is 0 Å². The van der Waals surface area contributed by atoms with Gasteiger partial charge in [-0.3, -0.25) is 4.79 Å². The summed E-state index contributed by atoms with van der Waals surface area (Å²) in [6.45, 7) is 0. The number of benzene rings is 2. The molecule has 4 heteroatoms. The summed E-state index contributed by atoms with van der Waals surface area (Å²) in [6, 6.07) is 9.44. The second kappa shape index (κ2) is 4.67. The van der Waals surface area contributed by atoms with Gasteiger partial charge in [0, 0.05) is 16.5 Å². The third-order valence-corrected chi connectivity index (χ3v) is 2.71. The quantitative estimate of drug-likeness (QED) is 0.637. The third-order valence-electron chi connectivity index (χ3n) is 2.32. The van der Waals surface area contributed by atoms with Crippen LogP contribution in [0.15, 0.2) is 47.4 Å². The first-order chi connectivity index (χ1) is 8.09. The minimum absolute atomic E-state index is 0.159. The SMILES string of the molecule is O=C(c1ccc(F)cc1F)c1ccccc1S. The molecule has 0 aliphatic heterocycles. The molecule has 17 heavy (non-hydrogen) atoms. The molecular weight excluding hydrogens is 242 g/mol. The number of hydrogen-bond donors (Lipinski definition) is 1. The molecule has 0 atom stereocenters. The van der Waals surface area contributed by atoms with Gasteiger partial charge in [0.2, 0.25) is 0 Å². The molecule has 0 saturated carbocycles. The van der Waals surface area contributed by atoms with Gasteiger partial charge in [0.25, 0.3) is 0 Å². The second-order valence-electron chi connectivity index (χ2n) is 3.47. The lowest BCUT2D eigenvalue weighted by atomic mass is 10.0. The molecule has 0 aliphatic rings. The maximum Gasteiger partial charge on any atom is 0.197 e. The standard InChI is InChI=1S/C13H8F2OS/c14-8-5-6-9(11(15)7-8)13(16)10-3-1-2-4-12(10)17/h1-7,17H. The van der Waals surface area contributed by atoms with Crippen LogP contribution >= 0.6 is 12.6 Å². The fraction of sp³-hybridized carbons (Fsp3) is 0. The summed E-state index contributed by atoms with van der Waals surface area (Å²) in [7, 11) is 0. The number of rotatable bonds is 2. The van der Waals surface area contributed by atoms with Crippen LogP contribution in [-0.4, -0.2) is 5.78 Å². The van der Waals surface area contributed by atoms with E-state index in [0.29, 0.717) is 16.5 Å². The molecule has 0 heterocycles. The van der Waals surface area contributed by atoms with Crippen LogP contribution in [0, 0.1) is 11.6 Å². The van der Waals surface area contributed by atoms with E-state index >= 15 is 0 Å². The first-order valence-electron chi connectivity index (χ1n) is 4.87. The van der Waals surface area contributed by atoms with E-state index in [1.165, 1.54) is 0 Å². The number of hydrogen-bond acceptors (Lipinski definition) is 2. The highest BCUT2D eigenvalue weighted by molar-refractivity contribution is 7.80. The molecular formula is C13H8F2OS. The summed E-state index contributed by atoms with van der Waals surface area (Å²) in [5.41, 5.74) is 0.134. The summed E-state index contributed by atoms with van der Waals surface area (Å²) in [5, 5.41) is 0. The lowest BCUT2D eigenvalue weighted by Gasteiger charge is -2.05. The molecule has 0 aliphatic carbocycles. The van der Waals surface area contributed by atoms with Crippen LogP contribution in [0.5, 0.6) is 0 Å². The van der Waals surface area contributed by atoms with Gasteiger partial charge in [-0.1, -0.05) is 12.1 Å². The van der Waals surface area contributed by atoms with E-state index in [-0.39, 0.29) is 5.56 Å². The van der Waals surface area contributed by atoms with Gasteiger partial charge in [0.15, 0.2) is 5.78 Å². The first kappa shape index (κ1) is 11.8. The van der Waals surface area contributed by atoms with Crippen LogP contribution in [-0.2, 0) is 0 Å². The van der Waals surface area contributed by atoms with Gasteiger partial charge in [-0.15, -0.1) is 12.6 Å². The molecule has 2 aromatic carbocycles. The maximum absolute atomic E-state index is 13.4. The predicted molar refractivity (Wildman–Crippen MR) is 63.5 cm³/mol. The number of ketones is 1. The highest BCUT2D eigenvalue weighted by Crippen LogP contribution is 2.19. The first-order valence-corrected chi connectivity index (χ1v) is 5.32. The average molecular weight is 250 g/mol. The van der Waals surface area contributed by atoms with E-state index in [1.54, 1.807) is 24.3 Å². The van der Waals surface area contributed by atoms with Gasteiger partial charge in [0.05, 0.1) is 5.56 Å². The van der Waals surface area contributed by atoms with Crippen LogP contribution in [0.25, 0.3) is 0 Å². The monoisotopic (exact) mass is 250 g/mol. The van der Waals surface area contributed by atoms with Crippen LogP contribution < -0.4 is 0 Å². The maximum atomic E-state index is 13.4. The minimum atomic E-state index is -0.869. The van der Waals surface area contributed by atoms with Crippen LogP contribution in [0.1, 0.15) is 15.9 Å². The number of halogens is 2. The Kier molecular flexibility index (Phi) is 3.24. The molecule has 2 rings (SSSR count). The van der Waals surface area contributed by atoms with Crippen LogP contribution in [0.4, 0.5) is 8.78 Å². The Morgan fingerprint density at radius 2 is 1.71 bits per heavy atom. The van der Waals surface area contributed by atoms with E-state index in [0.717, 1.165) is 12.1 Å². The second-order valence-corrected chi connectivity index (χ2v) is 3.95. The Labute approximate surface area is 103 Å². The molecule has 0 radical (unpaired) electrons. The van der Waals surface area contributed by atoms with Crippen molar-refractivity contribution >= 4 is 18.4 Å². The lowest BCUT2D eigenvalue weighted by Crippen LogP contribution is -2.05. The highest BCUT2D eigenvalue weighted by atomic mass is 32.1. The van der Waals surface area contributed by atoms with Gasteiger partial charge in [-0.2, -0.15) is 0 Å². The van der Waals surface area contributed by atoms with E-state index < -0.39 is 17.4 Å². The smallest absolute Gasteiger partial charge is 0.197 e. The van der Waals surface area contributed by atoms with Gasteiger partial charge in [-0.05, 0) is 24.3 Å². The molecule has 1 nitrogen and oxygen atoms in total. The molecule has 0 amide bonds. The summed E-state index contributed by atoms with van der Waals surface area (Å²) in [6.07, 6.45) is 0. The van der Waals surface area contributed by atoms with E-state index in [2.05, 4.69) is 12.6 Å². The number of carbonyl (C=O) groups excluding carboxylic acids is 1. The van der Waals surface area contributed by atoms with Crippen molar-refractivity contribution in [3.05, 3.63) is 65.2 Å². The topological polar surface area (TPSA) is 17.1 Å². The zero-order valence-corrected chi connectivity index (χ0v) is 9.55. The molecule has 0 bridgehead atoms. The summed E-state index contributed by atoms with van der Waals surface area (Å²) < 4.78 is 26.2. The zero-order valence-electron chi connectivity index (χ0n) is 8.65. The molecule has 0 saturated heterocycles. The van der Waals surface area contributed by atoms with E-state index in [4.69, 9.17) is 0 Å². The van der Waals surface area contributed by atoms with Gasteiger partial charge < -0.3 is 0 Å². The largest absolute Gasteiger partial charge is 0.288 e. The van der Waals surface area contributed by atoms with Crippen molar-refractivity contribution in [3.63, 3.8) is 0 Å². The van der Waals surface area contributed by atoms with E-state index in [9.17, 15) is 13.6 Å². The van der Waals surface area contributed by atoms with Gasteiger partial charge in [0.1, 0.15) is 11.6 Å². The van der Waals surface area contributed by atoms with Gasteiger partial charge >= 0.3 is 0 Å². The molecule has 0 spiro atoms. The molecule has 0 N–H and O–H groups in total. The van der Waals surface area contributed by atoms with Crippen molar-refractivity contribution in [3.8, 4) is 0 Å². The van der Waals surface area contributed by atoms with Crippen molar-refractivity contribution in [1.29, 1.82) is 0 Å². The third kappa shape index (κ3) is 2.36. The fourth-order valence-electron chi connectivity index (χ4n) is 1.48. The average Bonchev–Trinajstić information content (AvgIpc) is 2.29. The predicted octanol–water partition coefficient (Wildman–Crippen LogP) is 3.48. The molecule has 86 valence electrons. The molecule has 0 unspecified atom stereocenters. The zero-order chi connectivity index (χ0) is 12.4. The molecule has 0 aromatic heterocycles. The summed E-state index contributed by atoms with van der Waals surface area (Å²) >= 11 is 4.12. The summed E-state index contributed by atoms with van der Waals surface area (Å²) in [5.74, 6) is -2.09. The normalized spacial score (nSPS) is 10.3. The lowest BCUT2D eigenvalue weighted by molar-refractivity contribution is 0.103. The highest BCUT2D eigenvalue weighted by Gasteiger charge is 2.16. The Morgan fingerprint density at radius 3 is 2.35 bits per heavy atom. The minimum Gasteiger partial charge on any atom is -0.288 e. The van der Waals surface area contributed by atoms with Crippen molar-refractivity contribution in [2.24, 2.45) is 0 Å². The van der Waals surface area contributed by atoms with Gasteiger partial charge in [-0.25, -0.2) is 8.78 Å². The van der Waals surface area contributed by atoms with Crippen molar-refractivity contribution in [1.82, 2.24) is 0 Å².